The van der Waals surface area contributed by atoms with Crippen LogP contribution in [-0.2, 0) is 10.2 Å². The number of benzene rings is 1. The Morgan fingerprint density at radius 2 is 2.09 bits per heavy atom. The van der Waals surface area contributed by atoms with Crippen LogP contribution in [0.5, 0.6) is 0 Å². The molecule has 0 aromatic heterocycles. The normalized spacial score (nSPS) is 19.6. The van der Waals surface area contributed by atoms with E-state index in [1.165, 1.54) is 17.7 Å². The summed E-state index contributed by atoms with van der Waals surface area (Å²) in [5.74, 6) is -0.215. The molecule has 1 saturated carbocycles. The smallest absolute Gasteiger partial charge is 0.230 e. The highest BCUT2D eigenvalue weighted by atomic mass is 35.5. The van der Waals surface area contributed by atoms with Gasteiger partial charge in [0.15, 0.2) is 0 Å². The minimum Gasteiger partial charge on any atom is -0.352 e. The van der Waals surface area contributed by atoms with Crippen molar-refractivity contribution in [3.05, 3.63) is 47.3 Å². The van der Waals surface area contributed by atoms with Crippen LogP contribution in [0.4, 0.5) is 4.39 Å². The first kappa shape index (κ1) is 18.0. The maximum atomic E-state index is 13.6. The van der Waals surface area contributed by atoms with E-state index >= 15 is 0 Å². The lowest BCUT2D eigenvalue weighted by Gasteiger charge is -2.29. The highest BCUT2D eigenvalue weighted by Crippen LogP contribution is 2.41. The van der Waals surface area contributed by atoms with E-state index in [-0.39, 0.29) is 24.1 Å². The molecule has 1 aromatic rings. The molecule has 0 atom stereocenters. The average Bonchev–Trinajstić information content (AvgIpc) is 3.05. The van der Waals surface area contributed by atoms with Crippen molar-refractivity contribution >= 4 is 18.3 Å². The first-order chi connectivity index (χ1) is 10.7. The number of nitrogens with one attached hydrogen (secondary N) is 2. The summed E-state index contributed by atoms with van der Waals surface area (Å²) < 4.78 is 13.6. The van der Waals surface area contributed by atoms with Crippen LogP contribution < -0.4 is 10.6 Å². The van der Waals surface area contributed by atoms with Crippen molar-refractivity contribution in [2.75, 3.05) is 19.6 Å². The maximum Gasteiger partial charge on any atom is 0.230 e. The fourth-order valence-electron chi connectivity index (χ4n) is 3.60. The predicted molar refractivity (Wildman–Crippen MR) is 92.4 cm³/mol. The van der Waals surface area contributed by atoms with E-state index in [4.69, 9.17) is 0 Å². The van der Waals surface area contributed by atoms with Gasteiger partial charge in [0, 0.05) is 13.1 Å². The van der Waals surface area contributed by atoms with Crippen LogP contribution in [0.2, 0.25) is 0 Å². The lowest BCUT2D eigenvalue weighted by atomic mass is 9.78. The fraction of sp³-hybridized carbons (Fsp3) is 0.500. The summed E-state index contributed by atoms with van der Waals surface area (Å²) in [7, 11) is 0. The molecule has 1 aliphatic heterocycles. The third-order valence-electron chi connectivity index (χ3n) is 4.90. The van der Waals surface area contributed by atoms with Gasteiger partial charge < -0.3 is 10.6 Å². The summed E-state index contributed by atoms with van der Waals surface area (Å²) in [6.07, 6.45) is 6.79. The summed E-state index contributed by atoms with van der Waals surface area (Å²) in [5, 5.41) is 6.36. The van der Waals surface area contributed by atoms with Gasteiger partial charge in [-0.2, -0.15) is 0 Å². The molecule has 2 N–H and O–H groups in total. The molecule has 0 radical (unpaired) electrons. The van der Waals surface area contributed by atoms with Crippen molar-refractivity contribution < 1.29 is 9.18 Å². The van der Waals surface area contributed by atoms with Gasteiger partial charge in [0.1, 0.15) is 5.82 Å². The largest absolute Gasteiger partial charge is 0.352 e. The third-order valence-corrected chi connectivity index (χ3v) is 4.90. The fourth-order valence-corrected chi connectivity index (χ4v) is 3.60. The first-order valence-electron chi connectivity index (χ1n) is 8.14. The molecule has 1 heterocycles. The highest BCUT2D eigenvalue weighted by Gasteiger charge is 2.42. The minimum absolute atomic E-state index is 0. The Morgan fingerprint density at radius 3 is 2.74 bits per heavy atom. The average molecular weight is 339 g/mol. The van der Waals surface area contributed by atoms with E-state index in [1.807, 2.05) is 6.07 Å². The number of carbonyl (C=O) groups is 1. The Labute approximate surface area is 143 Å². The molecule has 1 amide bonds. The Balaban J connectivity index is 0.00000192. The molecular weight excluding hydrogens is 315 g/mol. The van der Waals surface area contributed by atoms with Crippen LogP contribution in [0.15, 0.2) is 35.9 Å². The Kier molecular flexibility index (Phi) is 6.19. The molecule has 3 rings (SSSR count). The zero-order chi connectivity index (χ0) is 15.4. The van der Waals surface area contributed by atoms with Crippen molar-refractivity contribution in [1.82, 2.24) is 10.6 Å². The zero-order valence-corrected chi connectivity index (χ0v) is 14.1. The molecule has 2 aliphatic rings. The van der Waals surface area contributed by atoms with Crippen molar-refractivity contribution in [2.45, 2.75) is 37.5 Å². The lowest BCUT2D eigenvalue weighted by Crippen LogP contribution is -2.43. The van der Waals surface area contributed by atoms with Gasteiger partial charge in [0.05, 0.1) is 5.41 Å². The van der Waals surface area contributed by atoms with E-state index in [1.54, 1.807) is 6.07 Å². The lowest BCUT2D eigenvalue weighted by molar-refractivity contribution is -0.126. The number of rotatable bonds is 4. The quantitative estimate of drug-likeness (QED) is 0.828. The van der Waals surface area contributed by atoms with Gasteiger partial charge in [-0.05, 0) is 43.5 Å². The van der Waals surface area contributed by atoms with Gasteiger partial charge >= 0.3 is 0 Å². The molecule has 1 fully saturated rings. The van der Waals surface area contributed by atoms with Crippen LogP contribution in [-0.4, -0.2) is 25.5 Å². The minimum atomic E-state index is -0.546. The van der Waals surface area contributed by atoms with Gasteiger partial charge in [-0.1, -0.05) is 36.6 Å². The summed E-state index contributed by atoms with van der Waals surface area (Å²) in [4.78, 5) is 12.8. The Bertz CT molecular complexity index is 582. The van der Waals surface area contributed by atoms with E-state index in [2.05, 4.69) is 16.7 Å². The second kappa shape index (κ2) is 7.93. The topological polar surface area (TPSA) is 41.1 Å². The van der Waals surface area contributed by atoms with Crippen molar-refractivity contribution in [1.29, 1.82) is 0 Å². The maximum absolute atomic E-state index is 13.6. The van der Waals surface area contributed by atoms with E-state index in [0.29, 0.717) is 6.54 Å². The number of amides is 1. The molecule has 23 heavy (non-hydrogen) atoms. The molecule has 3 nitrogen and oxygen atoms in total. The van der Waals surface area contributed by atoms with Gasteiger partial charge in [0.2, 0.25) is 5.91 Å². The highest BCUT2D eigenvalue weighted by molar-refractivity contribution is 5.88. The summed E-state index contributed by atoms with van der Waals surface area (Å²) in [5.41, 5.74) is 1.55. The Hall–Kier alpha value is -1.39. The standard InChI is InChI=1S/C18H23FN2O.ClH/c19-16-5-3-4-15(12-16)18(8-1-2-9-18)17(22)21-13-14-6-10-20-11-7-14;/h3-6,12,20H,1-2,7-11,13H2,(H,21,22);1H. The zero-order valence-electron chi connectivity index (χ0n) is 13.2. The molecular formula is C18H24ClFN2O. The monoisotopic (exact) mass is 338 g/mol. The summed E-state index contributed by atoms with van der Waals surface area (Å²) >= 11 is 0. The van der Waals surface area contributed by atoms with Gasteiger partial charge in [-0.3, -0.25) is 4.79 Å². The SMILES string of the molecule is Cl.O=C(NCC1=CCNCC1)C1(c2cccc(F)c2)CCCC1. The number of hydrogen-bond acceptors (Lipinski definition) is 2. The van der Waals surface area contributed by atoms with Gasteiger partial charge in [-0.15, -0.1) is 12.4 Å². The molecule has 0 saturated heterocycles. The molecule has 0 bridgehead atoms. The molecule has 1 aromatic carbocycles. The molecule has 0 spiro atoms. The summed E-state index contributed by atoms with van der Waals surface area (Å²) in [6, 6.07) is 6.55. The van der Waals surface area contributed by atoms with Gasteiger partial charge in [0.25, 0.3) is 0 Å². The number of carbonyl (C=O) groups excluding carboxylic acids is 1. The second-order valence-electron chi connectivity index (χ2n) is 6.30. The van der Waals surface area contributed by atoms with E-state index in [9.17, 15) is 9.18 Å². The van der Waals surface area contributed by atoms with Crippen molar-refractivity contribution in [3.8, 4) is 0 Å². The molecule has 0 unspecified atom stereocenters. The number of hydrogen-bond donors (Lipinski definition) is 2. The van der Waals surface area contributed by atoms with Crippen LogP contribution in [0.1, 0.15) is 37.7 Å². The predicted octanol–water partition coefficient (Wildman–Crippen LogP) is 3.10. The molecule has 1 aliphatic carbocycles. The molecule has 126 valence electrons. The van der Waals surface area contributed by atoms with Crippen LogP contribution >= 0.6 is 12.4 Å². The molecule has 5 heteroatoms. The van der Waals surface area contributed by atoms with Crippen LogP contribution in [0.25, 0.3) is 0 Å². The first-order valence-corrected chi connectivity index (χ1v) is 8.14. The van der Waals surface area contributed by atoms with Crippen LogP contribution in [0, 0.1) is 5.82 Å². The van der Waals surface area contributed by atoms with Crippen molar-refractivity contribution in [3.63, 3.8) is 0 Å². The Morgan fingerprint density at radius 1 is 1.30 bits per heavy atom. The van der Waals surface area contributed by atoms with Crippen LogP contribution in [0.3, 0.4) is 0 Å². The second-order valence-corrected chi connectivity index (χ2v) is 6.30. The van der Waals surface area contributed by atoms with Crippen molar-refractivity contribution in [2.24, 2.45) is 0 Å². The van der Waals surface area contributed by atoms with E-state index < -0.39 is 5.41 Å². The summed E-state index contributed by atoms with van der Waals surface area (Å²) in [6.45, 7) is 2.45. The third kappa shape index (κ3) is 3.93. The van der Waals surface area contributed by atoms with Gasteiger partial charge in [-0.25, -0.2) is 4.39 Å². The number of halogens is 2. The van der Waals surface area contributed by atoms with E-state index in [0.717, 1.165) is 50.8 Å².